The van der Waals surface area contributed by atoms with Crippen LogP contribution >= 0.6 is 11.3 Å². The SMILES string of the molecule is [2H]C(C)(C)c1ccnc(-c2[c-]ccc3c2sc2cc(-c4ccccc4)ccc23)c1.[CH3][Ge]([CH3])([CH3])[c]1ccc(-c2[c-]cccc2)nc1.[Ir]. The molecular weight excluding hydrogens is 805 g/mol. The topological polar surface area (TPSA) is 25.8 Å². The number of benzene rings is 4. The number of rotatable bonds is 5. The molecule has 0 fully saturated rings. The van der Waals surface area contributed by atoms with Crippen molar-refractivity contribution in [1.29, 1.82) is 0 Å². The first-order chi connectivity index (χ1) is 21.6. The van der Waals surface area contributed by atoms with Crippen molar-refractivity contribution in [1.82, 2.24) is 9.97 Å². The molecule has 0 aliphatic carbocycles. The molecule has 0 saturated heterocycles. The second kappa shape index (κ2) is 14.3. The number of aromatic nitrogens is 2. The molecule has 1 radical (unpaired) electrons. The van der Waals surface area contributed by atoms with Crippen molar-refractivity contribution >= 4 is 49.2 Å². The van der Waals surface area contributed by atoms with Crippen molar-refractivity contribution in [2.75, 3.05) is 0 Å². The van der Waals surface area contributed by atoms with Crippen LogP contribution in [0.15, 0.2) is 122 Å². The van der Waals surface area contributed by atoms with E-state index in [1.165, 1.54) is 35.7 Å². The van der Waals surface area contributed by atoms with Gasteiger partial charge in [-0.15, -0.1) is 23.8 Å². The molecule has 4 aromatic carbocycles. The Morgan fingerprint density at radius 1 is 0.733 bits per heavy atom. The number of hydrogen-bond acceptors (Lipinski definition) is 3. The minimum atomic E-state index is -1.72. The van der Waals surface area contributed by atoms with Crippen LogP contribution < -0.4 is 4.40 Å². The maximum Gasteiger partial charge on any atom is 0 e. The van der Waals surface area contributed by atoms with Gasteiger partial charge < -0.3 is 4.98 Å². The van der Waals surface area contributed by atoms with E-state index in [2.05, 4.69) is 100 Å². The monoisotopic (exact) mass is 844 g/mol. The van der Waals surface area contributed by atoms with Gasteiger partial charge in [0.15, 0.2) is 0 Å². The van der Waals surface area contributed by atoms with E-state index < -0.39 is 19.2 Å². The molecule has 0 unspecified atom stereocenters. The minimum absolute atomic E-state index is 0. The van der Waals surface area contributed by atoms with Gasteiger partial charge in [0, 0.05) is 32.4 Å². The summed E-state index contributed by atoms with van der Waals surface area (Å²) >= 11 is 0.0713. The van der Waals surface area contributed by atoms with Crippen LogP contribution in [0.25, 0.3) is 53.8 Å². The van der Waals surface area contributed by atoms with Gasteiger partial charge in [0.1, 0.15) is 0 Å². The van der Waals surface area contributed by atoms with Gasteiger partial charge in [0.2, 0.25) is 0 Å². The zero-order chi connectivity index (χ0) is 31.6. The number of pyridine rings is 2. The molecule has 3 heterocycles. The fraction of sp³-hybridized carbons (Fsp3) is 0.150. The van der Waals surface area contributed by atoms with Crippen LogP contribution in [0.4, 0.5) is 0 Å². The maximum atomic E-state index is 8.35. The fourth-order valence-electron chi connectivity index (χ4n) is 5.17. The molecule has 45 heavy (non-hydrogen) atoms. The van der Waals surface area contributed by atoms with E-state index >= 15 is 0 Å². The van der Waals surface area contributed by atoms with E-state index in [0.29, 0.717) is 0 Å². The van der Waals surface area contributed by atoms with E-state index in [0.717, 1.165) is 28.1 Å². The molecule has 5 heteroatoms. The summed E-state index contributed by atoms with van der Waals surface area (Å²) in [4.78, 5) is 9.13. The molecular formula is C40H36GeIrN2S-2. The van der Waals surface area contributed by atoms with Crippen molar-refractivity contribution in [2.45, 2.75) is 37.0 Å². The molecule has 0 spiro atoms. The van der Waals surface area contributed by atoms with E-state index in [1.807, 2.05) is 68.6 Å². The minimum Gasteiger partial charge on any atom is 0 e. The molecule has 0 bridgehead atoms. The molecule has 2 nitrogen and oxygen atoms in total. The van der Waals surface area contributed by atoms with Gasteiger partial charge in [-0.1, -0.05) is 73.3 Å². The van der Waals surface area contributed by atoms with Crippen molar-refractivity contribution in [2.24, 2.45) is 0 Å². The Kier molecular flexibility index (Phi) is 10.1. The third-order valence-corrected chi connectivity index (χ3v) is 13.2. The van der Waals surface area contributed by atoms with Crippen molar-refractivity contribution in [3.8, 4) is 33.6 Å². The Morgan fingerprint density at radius 2 is 1.53 bits per heavy atom. The second-order valence-corrected chi connectivity index (χ2v) is 23.9. The Hall–Kier alpha value is -3.41. The van der Waals surface area contributed by atoms with Crippen LogP contribution in [-0.2, 0) is 20.1 Å². The average Bonchev–Trinajstić information content (AvgIpc) is 3.43. The van der Waals surface area contributed by atoms with E-state index in [4.69, 9.17) is 1.37 Å². The van der Waals surface area contributed by atoms with Gasteiger partial charge in [-0.05, 0) is 44.9 Å². The summed E-state index contributed by atoms with van der Waals surface area (Å²) in [6, 6.07) is 44.1. The van der Waals surface area contributed by atoms with Crippen molar-refractivity contribution < 1.29 is 21.5 Å². The Bertz CT molecular complexity index is 2060. The molecule has 7 rings (SSSR count). The summed E-state index contributed by atoms with van der Waals surface area (Å²) in [5, 5.41) is 2.49. The van der Waals surface area contributed by atoms with Gasteiger partial charge in [-0.2, -0.15) is 11.3 Å². The molecule has 0 aliphatic rings. The summed E-state index contributed by atoms with van der Waals surface area (Å²) < 4.78 is 12.3. The smallest absolute Gasteiger partial charge is 0 e. The quantitative estimate of drug-likeness (QED) is 0.127. The van der Waals surface area contributed by atoms with Gasteiger partial charge >= 0.3 is 99.8 Å². The predicted molar refractivity (Wildman–Crippen MR) is 192 cm³/mol. The van der Waals surface area contributed by atoms with Crippen LogP contribution in [0.2, 0.25) is 17.3 Å². The summed E-state index contributed by atoms with van der Waals surface area (Å²) in [6.07, 6.45) is 3.84. The standard InChI is InChI=1S/C26H20NS.C14H16GeN.Ir/c1-17(2)19-13-14-27-24(15-19)23-10-6-9-22-21-12-11-20(16-25(21)28-26(22)23)18-7-4-3-5-8-18;1-15(2,3)13-9-10-14(16-11-13)12-7-5-4-6-8-12;/h3-9,11-17H,1-2H3;4-7,9-11H,1-3H3;/q2*-1;/i17D;;. The normalized spacial score (nSPS) is 11.8. The summed E-state index contributed by atoms with van der Waals surface area (Å²) in [7, 11) is 0. The third kappa shape index (κ3) is 7.53. The molecule has 3 aromatic heterocycles. The fourth-order valence-corrected chi connectivity index (χ4v) is 8.59. The predicted octanol–water partition coefficient (Wildman–Crippen LogP) is 10.8. The van der Waals surface area contributed by atoms with Crippen molar-refractivity contribution in [3.05, 3.63) is 139 Å². The van der Waals surface area contributed by atoms with Crippen LogP contribution in [-0.4, -0.2) is 23.2 Å². The number of thiophene rings is 1. The molecule has 0 aliphatic heterocycles. The molecule has 0 saturated carbocycles. The Labute approximate surface area is 288 Å². The molecule has 0 amide bonds. The van der Waals surface area contributed by atoms with Gasteiger partial charge in [0.05, 0.1) is 0 Å². The first-order valence-electron chi connectivity index (χ1n) is 15.4. The van der Waals surface area contributed by atoms with Gasteiger partial charge in [0.25, 0.3) is 0 Å². The maximum absolute atomic E-state index is 8.35. The Balaban J connectivity index is 0.000000209. The number of fused-ring (bicyclic) bond motifs is 3. The zero-order valence-corrected chi connectivity index (χ0v) is 31.5. The van der Waals surface area contributed by atoms with E-state index in [1.54, 1.807) is 17.5 Å². The first-order valence-corrected chi connectivity index (χ1v) is 23.1. The van der Waals surface area contributed by atoms with Crippen LogP contribution in [0.5, 0.6) is 0 Å². The summed E-state index contributed by atoms with van der Waals surface area (Å²) in [6.45, 7) is 3.81. The van der Waals surface area contributed by atoms with Gasteiger partial charge in [-0.3, -0.25) is 0 Å². The summed E-state index contributed by atoms with van der Waals surface area (Å²) in [5.41, 5.74) is 7.38. The number of nitrogens with zero attached hydrogens (tertiary/aromatic N) is 2. The number of hydrogen-bond donors (Lipinski definition) is 0. The second-order valence-electron chi connectivity index (χ2n) is 12.2. The first kappa shape index (κ1) is 31.6. The Morgan fingerprint density at radius 3 is 2.22 bits per heavy atom. The van der Waals surface area contributed by atoms with E-state index in [-0.39, 0.29) is 20.1 Å². The zero-order valence-electron chi connectivity index (χ0n) is 27.2. The molecule has 0 atom stereocenters. The van der Waals surface area contributed by atoms with Crippen LogP contribution in [0.3, 0.4) is 0 Å². The van der Waals surface area contributed by atoms with E-state index in [9.17, 15) is 0 Å². The van der Waals surface area contributed by atoms with Gasteiger partial charge in [-0.25, -0.2) is 0 Å². The average molecular weight is 843 g/mol. The third-order valence-electron chi connectivity index (χ3n) is 7.75. The van der Waals surface area contributed by atoms with Crippen molar-refractivity contribution in [3.63, 3.8) is 0 Å². The molecule has 7 aromatic rings. The summed E-state index contributed by atoms with van der Waals surface area (Å²) in [5.74, 6) is 6.48. The van der Waals surface area contributed by atoms with Crippen LogP contribution in [0.1, 0.15) is 26.7 Å². The largest absolute Gasteiger partial charge is 0 e. The molecule has 0 N–H and O–H groups in total. The van der Waals surface area contributed by atoms with Crippen LogP contribution in [0, 0.1) is 12.1 Å². The molecule has 227 valence electrons.